The molecule has 0 aliphatic heterocycles. The summed E-state index contributed by atoms with van der Waals surface area (Å²) in [7, 11) is 0. The standard InChI is InChI=1S/C5H6BrClN2/c6-5(7)4-9-3-1-2-8-9/h1-3,5H,4H2. The Morgan fingerprint density at radius 3 is 3.00 bits per heavy atom. The van der Waals surface area contributed by atoms with E-state index in [1.165, 1.54) is 0 Å². The van der Waals surface area contributed by atoms with Crippen LogP contribution in [-0.2, 0) is 6.54 Å². The van der Waals surface area contributed by atoms with Gasteiger partial charge in [-0.15, -0.1) is 11.6 Å². The molecule has 0 spiro atoms. The van der Waals surface area contributed by atoms with Gasteiger partial charge in [-0.3, -0.25) is 4.68 Å². The van der Waals surface area contributed by atoms with Crippen molar-refractivity contribution in [3.05, 3.63) is 18.5 Å². The lowest BCUT2D eigenvalue weighted by Gasteiger charge is -1.99. The first-order valence-corrected chi connectivity index (χ1v) is 3.90. The van der Waals surface area contributed by atoms with Gasteiger partial charge in [0.25, 0.3) is 0 Å². The van der Waals surface area contributed by atoms with E-state index in [2.05, 4.69) is 21.0 Å². The van der Waals surface area contributed by atoms with Gasteiger partial charge in [-0.1, -0.05) is 15.9 Å². The second-order valence-corrected chi connectivity index (χ2v) is 3.78. The molecule has 1 atom stereocenters. The molecular formula is C5H6BrClN2. The first kappa shape index (κ1) is 7.09. The summed E-state index contributed by atoms with van der Waals surface area (Å²) in [5.74, 6) is 0. The highest BCUT2D eigenvalue weighted by molar-refractivity contribution is 9.10. The van der Waals surface area contributed by atoms with E-state index in [1.54, 1.807) is 10.9 Å². The zero-order valence-corrected chi connectivity index (χ0v) is 7.01. The van der Waals surface area contributed by atoms with Crippen molar-refractivity contribution in [1.29, 1.82) is 0 Å². The monoisotopic (exact) mass is 208 g/mol. The summed E-state index contributed by atoms with van der Waals surface area (Å²) in [5, 5.41) is 3.96. The molecule has 0 aromatic carbocycles. The van der Waals surface area contributed by atoms with E-state index in [9.17, 15) is 0 Å². The van der Waals surface area contributed by atoms with E-state index >= 15 is 0 Å². The molecule has 0 fully saturated rings. The third-order valence-corrected chi connectivity index (χ3v) is 1.31. The summed E-state index contributed by atoms with van der Waals surface area (Å²) in [6.45, 7) is 0.703. The lowest BCUT2D eigenvalue weighted by atomic mass is 10.7. The molecular weight excluding hydrogens is 203 g/mol. The molecule has 50 valence electrons. The quantitative estimate of drug-likeness (QED) is 0.680. The van der Waals surface area contributed by atoms with Gasteiger partial charge in [0, 0.05) is 12.4 Å². The molecule has 0 saturated carbocycles. The Balaban J connectivity index is 2.48. The van der Waals surface area contributed by atoms with Crippen LogP contribution in [0.2, 0.25) is 0 Å². The summed E-state index contributed by atoms with van der Waals surface area (Å²) in [5.41, 5.74) is 0. The van der Waals surface area contributed by atoms with Crippen molar-refractivity contribution in [2.75, 3.05) is 0 Å². The lowest BCUT2D eigenvalue weighted by Crippen LogP contribution is -2.03. The van der Waals surface area contributed by atoms with E-state index in [4.69, 9.17) is 11.6 Å². The summed E-state index contributed by atoms with van der Waals surface area (Å²) in [6, 6.07) is 1.87. The average molecular weight is 209 g/mol. The van der Waals surface area contributed by atoms with Crippen LogP contribution in [0.5, 0.6) is 0 Å². The van der Waals surface area contributed by atoms with E-state index in [0.29, 0.717) is 6.54 Å². The fourth-order valence-electron chi connectivity index (χ4n) is 0.550. The maximum Gasteiger partial charge on any atom is 0.108 e. The van der Waals surface area contributed by atoms with Gasteiger partial charge in [0.2, 0.25) is 0 Å². The maximum atomic E-state index is 5.63. The maximum absolute atomic E-state index is 5.63. The number of aromatic nitrogens is 2. The van der Waals surface area contributed by atoms with Crippen molar-refractivity contribution in [3.63, 3.8) is 0 Å². The topological polar surface area (TPSA) is 17.8 Å². The number of alkyl halides is 2. The zero-order chi connectivity index (χ0) is 6.69. The van der Waals surface area contributed by atoms with E-state index < -0.39 is 0 Å². The van der Waals surface area contributed by atoms with Gasteiger partial charge in [0.1, 0.15) is 4.29 Å². The SMILES string of the molecule is ClC(Br)Cn1cccn1. The molecule has 4 heteroatoms. The molecule has 0 amide bonds. The molecule has 1 heterocycles. The Bertz CT molecular complexity index is 161. The third-order valence-electron chi connectivity index (χ3n) is 0.884. The number of nitrogens with zero attached hydrogens (tertiary/aromatic N) is 2. The highest BCUT2D eigenvalue weighted by Gasteiger charge is 1.97. The Labute approximate surface area is 66.9 Å². The predicted molar refractivity (Wildman–Crippen MR) is 40.8 cm³/mol. The molecule has 1 unspecified atom stereocenters. The normalized spacial score (nSPS) is 13.6. The van der Waals surface area contributed by atoms with Crippen LogP contribution >= 0.6 is 27.5 Å². The highest BCUT2D eigenvalue weighted by Crippen LogP contribution is 2.06. The van der Waals surface area contributed by atoms with Gasteiger partial charge < -0.3 is 0 Å². The minimum absolute atomic E-state index is 0.0302. The number of hydrogen-bond acceptors (Lipinski definition) is 1. The molecule has 0 N–H and O–H groups in total. The molecule has 1 aromatic rings. The van der Waals surface area contributed by atoms with Gasteiger partial charge >= 0.3 is 0 Å². The first-order valence-electron chi connectivity index (χ1n) is 2.54. The van der Waals surface area contributed by atoms with Crippen LogP contribution in [0.1, 0.15) is 0 Å². The number of hydrogen-bond donors (Lipinski definition) is 0. The van der Waals surface area contributed by atoms with Crippen molar-refractivity contribution >= 4 is 27.5 Å². The van der Waals surface area contributed by atoms with Crippen LogP contribution in [0, 0.1) is 0 Å². The molecule has 0 saturated heterocycles. The minimum Gasteiger partial charge on any atom is -0.270 e. The van der Waals surface area contributed by atoms with Gasteiger partial charge in [-0.05, 0) is 6.07 Å². The van der Waals surface area contributed by atoms with Gasteiger partial charge in [0.05, 0.1) is 6.54 Å². The van der Waals surface area contributed by atoms with Crippen molar-refractivity contribution in [2.24, 2.45) is 0 Å². The van der Waals surface area contributed by atoms with Crippen LogP contribution in [0.15, 0.2) is 18.5 Å². The average Bonchev–Trinajstić information content (AvgIpc) is 2.15. The summed E-state index contributed by atoms with van der Waals surface area (Å²) in [6.07, 6.45) is 3.60. The number of rotatable bonds is 2. The Morgan fingerprint density at radius 2 is 2.56 bits per heavy atom. The Hall–Kier alpha value is -0.0200. The summed E-state index contributed by atoms with van der Waals surface area (Å²) >= 11 is 8.83. The molecule has 9 heavy (non-hydrogen) atoms. The van der Waals surface area contributed by atoms with Gasteiger partial charge in [-0.2, -0.15) is 5.10 Å². The molecule has 2 nitrogen and oxygen atoms in total. The van der Waals surface area contributed by atoms with Crippen molar-refractivity contribution < 1.29 is 0 Å². The fraction of sp³-hybridized carbons (Fsp3) is 0.400. The third kappa shape index (κ3) is 2.37. The van der Waals surface area contributed by atoms with Crippen molar-refractivity contribution in [2.45, 2.75) is 10.8 Å². The van der Waals surface area contributed by atoms with Crippen molar-refractivity contribution in [1.82, 2.24) is 9.78 Å². The van der Waals surface area contributed by atoms with Crippen LogP contribution in [-0.4, -0.2) is 14.1 Å². The van der Waals surface area contributed by atoms with Crippen LogP contribution in [0.25, 0.3) is 0 Å². The van der Waals surface area contributed by atoms with Gasteiger partial charge in [-0.25, -0.2) is 0 Å². The molecule has 0 aliphatic carbocycles. The number of halogens is 2. The largest absolute Gasteiger partial charge is 0.270 e. The molecule has 0 bridgehead atoms. The van der Waals surface area contributed by atoms with Crippen molar-refractivity contribution in [3.8, 4) is 0 Å². The van der Waals surface area contributed by atoms with E-state index in [0.717, 1.165) is 0 Å². The Morgan fingerprint density at radius 1 is 1.78 bits per heavy atom. The smallest absolute Gasteiger partial charge is 0.108 e. The van der Waals surface area contributed by atoms with E-state index in [-0.39, 0.29) is 4.29 Å². The zero-order valence-electron chi connectivity index (χ0n) is 4.67. The van der Waals surface area contributed by atoms with Crippen LogP contribution < -0.4 is 0 Å². The first-order chi connectivity index (χ1) is 4.29. The summed E-state index contributed by atoms with van der Waals surface area (Å²) < 4.78 is 1.74. The second kappa shape index (κ2) is 3.22. The molecule has 1 aromatic heterocycles. The molecule has 1 rings (SSSR count). The fourth-order valence-corrected chi connectivity index (χ4v) is 0.988. The van der Waals surface area contributed by atoms with E-state index in [1.807, 2.05) is 12.3 Å². The minimum atomic E-state index is -0.0302. The second-order valence-electron chi connectivity index (χ2n) is 1.62. The van der Waals surface area contributed by atoms with Gasteiger partial charge in [0.15, 0.2) is 0 Å². The van der Waals surface area contributed by atoms with Crippen LogP contribution in [0.3, 0.4) is 0 Å². The predicted octanol–water partition coefficient (Wildman–Crippen LogP) is 1.84. The molecule has 0 aliphatic rings. The Kier molecular flexibility index (Phi) is 2.54. The van der Waals surface area contributed by atoms with Crippen LogP contribution in [0.4, 0.5) is 0 Å². The highest BCUT2D eigenvalue weighted by atomic mass is 79.9. The summed E-state index contributed by atoms with van der Waals surface area (Å²) in [4.78, 5) is 0. The lowest BCUT2D eigenvalue weighted by molar-refractivity contribution is 0.653. The molecule has 0 radical (unpaired) electrons.